The van der Waals surface area contributed by atoms with Crippen LogP contribution in [0.5, 0.6) is 5.75 Å². The molecule has 2 atom stereocenters. The Labute approximate surface area is 256 Å². The van der Waals surface area contributed by atoms with E-state index in [1.54, 1.807) is 6.20 Å². The molecule has 1 fully saturated rings. The number of carbonyl (C=O) groups excluding carboxylic acids is 1. The van der Waals surface area contributed by atoms with Crippen molar-refractivity contribution < 1.29 is 9.53 Å². The zero-order valence-electron chi connectivity index (χ0n) is 24.2. The van der Waals surface area contributed by atoms with Gasteiger partial charge in [-0.15, -0.1) is 0 Å². The highest BCUT2D eigenvalue weighted by Gasteiger charge is 2.42. The highest BCUT2D eigenvalue weighted by Crippen LogP contribution is 2.43. The number of amides is 1. The Hall–Kier alpha value is -5.02. The van der Waals surface area contributed by atoms with Crippen LogP contribution in [0.4, 0.5) is 11.4 Å². The number of nitrogens with zero attached hydrogens (tertiary/aromatic N) is 4. The van der Waals surface area contributed by atoms with E-state index in [4.69, 9.17) is 21.9 Å². The molecule has 43 heavy (non-hydrogen) atoms. The van der Waals surface area contributed by atoms with Crippen molar-refractivity contribution >= 4 is 34.6 Å². The number of thiocarbonyl (C=S) groups is 1. The normalized spacial score (nSPS) is 16.2. The van der Waals surface area contributed by atoms with E-state index in [1.165, 1.54) is 0 Å². The third kappa shape index (κ3) is 5.85. The summed E-state index contributed by atoms with van der Waals surface area (Å²) in [5.74, 6) is 1.28. The van der Waals surface area contributed by atoms with Gasteiger partial charge in [0.05, 0.1) is 17.8 Å². The van der Waals surface area contributed by atoms with Gasteiger partial charge >= 0.3 is 0 Å². The van der Waals surface area contributed by atoms with Crippen molar-refractivity contribution in [1.82, 2.24) is 19.9 Å². The second-order valence-electron chi connectivity index (χ2n) is 10.5. The molecule has 1 amide bonds. The van der Waals surface area contributed by atoms with Gasteiger partial charge in [0.2, 0.25) is 0 Å². The SMILES string of the molecule is Cc1ccc(-n2c(C)cc([C@@H]3[C@H](c4ccccn4)NC(=S)N3c3ccc(NC(=O)COc4ccccc4)cc3)c2C)nc1. The van der Waals surface area contributed by atoms with Crippen LogP contribution in [0.2, 0.25) is 0 Å². The number of hydrogen-bond acceptors (Lipinski definition) is 5. The van der Waals surface area contributed by atoms with Crippen LogP contribution in [-0.2, 0) is 4.79 Å². The number of hydrogen-bond donors (Lipinski definition) is 2. The van der Waals surface area contributed by atoms with Crippen LogP contribution in [0, 0.1) is 20.8 Å². The molecule has 1 aliphatic rings. The first-order chi connectivity index (χ1) is 20.9. The number of benzene rings is 2. The van der Waals surface area contributed by atoms with E-state index >= 15 is 0 Å². The fraction of sp³-hybridized carbons (Fsp3) is 0.176. The Morgan fingerprint density at radius 1 is 0.953 bits per heavy atom. The zero-order valence-corrected chi connectivity index (χ0v) is 25.0. The quantitative estimate of drug-likeness (QED) is 0.203. The molecule has 0 spiro atoms. The van der Waals surface area contributed by atoms with Gasteiger partial charge in [-0.3, -0.25) is 9.78 Å². The standard InChI is InChI=1S/C34H32N6O2S/c1-22-12-17-30(36-20-22)39-23(2)19-28(24(39)3)33-32(29-11-7-8-18-35-29)38-34(43)40(33)26-15-13-25(14-16-26)37-31(41)21-42-27-9-5-4-6-10-27/h4-20,32-33H,21H2,1-3H3,(H,37,41)(H,38,43)/t32-,33+/m0/s1. The summed E-state index contributed by atoms with van der Waals surface area (Å²) >= 11 is 5.93. The number of rotatable bonds is 8. The van der Waals surface area contributed by atoms with Gasteiger partial charge in [-0.1, -0.05) is 30.3 Å². The molecule has 1 saturated heterocycles. The van der Waals surface area contributed by atoms with E-state index in [9.17, 15) is 4.79 Å². The number of aryl methyl sites for hydroxylation is 2. The van der Waals surface area contributed by atoms with E-state index in [0.717, 1.165) is 39.7 Å². The maximum absolute atomic E-state index is 12.5. The average molecular weight is 589 g/mol. The number of aromatic nitrogens is 3. The molecular weight excluding hydrogens is 556 g/mol. The summed E-state index contributed by atoms with van der Waals surface area (Å²) in [5, 5.41) is 7.05. The van der Waals surface area contributed by atoms with Crippen LogP contribution in [0.3, 0.4) is 0 Å². The third-order valence-corrected chi connectivity index (χ3v) is 7.87. The molecule has 0 aliphatic carbocycles. The second-order valence-corrected chi connectivity index (χ2v) is 10.9. The predicted octanol–water partition coefficient (Wildman–Crippen LogP) is 6.39. The molecule has 6 rings (SSSR count). The van der Waals surface area contributed by atoms with Crippen LogP contribution in [0.1, 0.15) is 40.3 Å². The monoisotopic (exact) mass is 588 g/mol. The van der Waals surface area contributed by atoms with Crippen LogP contribution >= 0.6 is 12.2 Å². The molecule has 5 aromatic rings. The van der Waals surface area contributed by atoms with Gasteiger partial charge in [-0.2, -0.15) is 0 Å². The van der Waals surface area contributed by atoms with Crippen molar-refractivity contribution in [2.24, 2.45) is 0 Å². The minimum atomic E-state index is -0.236. The predicted molar refractivity (Wildman–Crippen MR) is 173 cm³/mol. The van der Waals surface area contributed by atoms with Gasteiger partial charge in [0.1, 0.15) is 11.6 Å². The number of ether oxygens (including phenoxy) is 1. The molecule has 9 heteroatoms. The van der Waals surface area contributed by atoms with Crippen molar-refractivity contribution in [1.29, 1.82) is 0 Å². The lowest BCUT2D eigenvalue weighted by atomic mass is 9.96. The van der Waals surface area contributed by atoms with E-state index in [2.05, 4.69) is 51.1 Å². The van der Waals surface area contributed by atoms with Crippen molar-refractivity contribution in [2.45, 2.75) is 32.9 Å². The fourth-order valence-electron chi connectivity index (χ4n) is 5.55. The smallest absolute Gasteiger partial charge is 0.262 e. The van der Waals surface area contributed by atoms with Crippen LogP contribution in [0.15, 0.2) is 103 Å². The lowest BCUT2D eigenvalue weighted by Crippen LogP contribution is -2.29. The largest absolute Gasteiger partial charge is 0.484 e. The molecule has 8 nitrogen and oxygen atoms in total. The minimum absolute atomic E-state index is 0.0782. The average Bonchev–Trinajstić information content (AvgIpc) is 3.52. The molecule has 216 valence electrons. The number of pyridine rings is 2. The van der Waals surface area contributed by atoms with E-state index in [-0.39, 0.29) is 24.6 Å². The molecule has 3 aromatic heterocycles. The summed E-state index contributed by atoms with van der Waals surface area (Å²) < 4.78 is 7.76. The van der Waals surface area contributed by atoms with E-state index in [1.807, 2.05) is 92.0 Å². The van der Waals surface area contributed by atoms with Crippen molar-refractivity contribution in [3.63, 3.8) is 0 Å². The van der Waals surface area contributed by atoms with Crippen molar-refractivity contribution in [3.05, 3.63) is 132 Å². The van der Waals surface area contributed by atoms with Crippen LogP contribution in [-0.4, -0.2) is 32.2 Å². The summed E-state index contributed by atoms with van der Waals surface area (Å²) in [4.78, 5) is 24.0. The molecular formula is C34H32N6O2S. The Kier molecular flexibility index (Phi) is 7.89. The van der Waals surface area contributed by atoms with Crippen molar-refractivity contribution in [2.75, 3.05) is 16.8 Å². The van der Waals surface area contributed by atoms with E-state index < -0.39 is 0 Å². The molecule has 2 aromatic carbocycles. The first kappa shape index (κ1) is 28.1. The molecule has 0 saturated carbocycles. The Bertz CT molecular complexity index is 1740. The summed E-state index contributed by atoms with van der Waals surface area (Å²) in [5.41, 5.74) is 6.87. The summed E-state index contributed by atoms with van der Waals surface area (Å²) in [6.45, 7) is 6.17. The van der Waals surface area contributed by atoms with Gasteiger partial charge < -0.3 is 24.8 Å². The molecule has 1 aliphatic heterocycles. The summed E-state index contributed by atoms with van der Waals surface area (Å²) in [7, 11) is 0. The lowest BCUT2D eigenvalue weighted by molar-refractivity contribution is -0.118. The minimum Gasteiger partial charge on any atom is -0.484 e. The number of carbonyl (C=O) groups is 1. The fourth-order valence-corrected chi connectivity index (χ4v) is 5.89. The van der Waals surface area contributed by atoms with Gasteiger partial charge in [0, 0.05) is 35.2 Å². The highest BCUT2D eigenvalue weighted by atomic mass is 32.1. The third-order valence-electron chi connectivity index (χ3n) is 7.55. The first-order valence-corrected chi connectivity index (χ1v) is 14.5. The van der Waals surface area contributed by atoms with Gasteiger partial charge in [-0.05, 0) is 105 Å². The molecule has 0 radical (unpaired) electrons. The Morgan fingerprint density at radius 2 is 1.72 bits per heavy atom. The molecule has 4 heterocycles. The Balaban J connectivity index is 1.30. The van der Waals surface area contributed by atoms with Gasteiger partial charge in [-0.25, -0.2) is 4.98 Å². The van der Waals surface area contributed by atoms with Crippen LogP contribution in [0.25, 0.3) is 5.82 Å². The topological polar surface area (TPSA) is 84.3 Å². The maximum Gasteiger partial charge on any atom is 0.262 e. The van der Waals surface area contributed by atoms with Crippen LogP contribution < -0.4 is 20.3 Å². The second kappa shape index (κ2) is 12.1. The first-order valence-electron chi connectivity index (χ1n) is 14.1. The number of anilines is 2. The number of para-hydroxylation sites is 1. The summed E-state index contributed by atoms with van der Waals surface area (Å²) in [6.07, 6.45) is 3.69. The van der Waals surface area contributed by atoms with Gasteiger partial charge in [0.15, 0.2) is 11.7 Å². The Morgan fingerprint density at radius 3 is 2.42 bits per heavy atom. The number of nitrogens with one attached hydrogen (secondary N) is 2. The highest BCUT2D eigenvalue weighted by molar-refractivity contribution is 7.80. The maximum atomic E-state index is 12.5. The van der Waals surface area contributed by atoms with Gasteiger partial charge in [0.25, 0.3) is 5.91 Å². The van der Waals surface area contributed by atoms with Crippen molar-refractivity contribution in [3.8, 4) is 11.6 Å². The molecule has 0 unspecified atom stereocenters. The zero-order chi connectivity index (χ0) is 29.9. The molecule has 0 bridgehead atoms. The lowest BCUT2D eigenvalue weighted by Gasteiger charge is -2.28. The summed E-state index contributed by atoms with van der Waals surface area (Å²) in [6, 6.07) is 28.9. The molecule has 2 N–H and O–H groups in total. The van der Waals surface area contributed by atoms with E-state index in [0.29, 0.717) is 16.5 Å².